The van der Waals surface area contributed by atoms with E-state index in [2.05, 4.69) is 10.5 Å². The standard InChI is InChI=1S/C15H14N2O3/c18-15(16-11-5-2-1-3-6-11)20-17-13-7-4-8-14-12(13)9-10-19-14/h1-3,5-6,9-10H,4,7-8H2,(H,16,18)/b17-13+. The predicted molar refractivity (Wildman–Crippen MR) is 74.7 cm³/mol. The normalized spacial score (nSPS) is 15.7. The van der Waals surface area contributed by atoms with Gasteiger partial charge in [0.15, 0.2) is 0 Å². The van der Waals surface area contributed by atoms with E-state index in [1.165, 1.54) is 0 Å². The molecule has 1 aromatic carbocycles. The lowest BCUT2D eigenvalue weighted by molar-refractivity contribution is 0.166. The van der Waals surface area contributed by atoms with Crippen LogP contribution in [0.4, 0.5) is 10.5 Å². The summed E-state index contributed by atoms with van der Waals surface area (Å²) in [5.74, 6) is 0.905. The molecular formula is C15H14N2O3. The highest BCUT2D eigenvalue weighted by molar-refractivity contribution is 6.02. The lowest BCUT2D eigenvalue weighted by atomic mass is 9.97. The van der Waals surface area contributed by atoms with Gasteiger partial charge in [-0.05, 0) is 31.0 Å². The van der Waals surface area contributed by atoms with E-state index in [1.54, 1.807) is 18.4 Å². The van der Waals surface area contributed by atoms with Gasteiger partial charge in [-0.2, -0.15) is 0 Å². The SMILES string of the molecule is O=C(Nc1ccccc1)O/N=C1\CCCc2occc21. The van der Waals surface area contributed by atoms with E-state index in [1.807, 2.05) is 24.3 Å². The van der Waals surface area contributed by atoms with Crippen LogP contribution in [0.1, 0.15) is 24.2 Å². The zero-order valence-corrected chi connectivity index (χ0v) is 10.8. The summed E-state index contributed by atoms with van der Waals surface area (Å²) in [6.07, 6.45) is 3.67. The number of carbonyl (C=O) groups is 1. The van der Waals surface area contributed by atoms with Crippen LogP contribution >= 0.6 is 0 Å². The van der Waals surface area contributed by atoms with E-state index in [0.29, 0.717) is 5.69 Å². The summed E-state index contributed by atoms with van der Waals surface area (Å²) >= 11 is 0. The Balaban J connectivity index is 1.65. The van der Waals surface area contributed by atoms with Gasteiger partial charge in [-0.3, -0.25) is 10.2 Å². The van der Waals surface area contributed by atoms with Crippen molar-refractivity contribution in [2.24, 2.45) is 5.16 Å². The van der Waals surface area contributed by atoms with Crippen molar-refractivity contribution in [1.29, 1.82) is 0 Å². The topological polar surface area (TPSA) is 63.8 Å². The van der Waals surface area contributed by atoms with Crippen LogP contribution in [0.2, 0.25) is 0 Å². The monoisotopic (exact) mass is 270 g/mol. The summed E-state index contributed by atoms with van der Waals surface area (Å²) < 4.78 is 5.35. The van der Waals surface area contributed by atoms with Gasteiger partial charge in [0.05, 0.1) is 12.0 Å². The first-order chi connectivity index (χ1) is 9.83. The minimum absolute atomic E-state index is 0.598. The van der Waals surface area contributed by atoms with Crippen LogP contribution in [0.5, 0.6) is 0 Å². The first kappa shape index (κ1) is 12.5. The zero-order chi connectivity index (χ0) is 13.8. The molecule has 0 atom stereocenters. The molecule has 1 N–H and O–H groups in total. The minimum atomic E-state index is -0.598. The smallest absolute Gasteiger partial charge is 0.437 e. The highest BCUT2D eigenvalue weighted by Gasteiger charge is 2.19. The Morgan fingerprint density at radius 1 is 1.20 bits per heavy atom. The molecule has 0 bridgehead atoms. The van der Waals surface area contributed by atoms with Crippen molar-refractivity contribution >= 4 is 17.5 Å². The highest BCUT2D eigenvalue weighted by Crippen LogP contribution is 2.22. The number of oxime groups is 1. The van der Waals surface area contributed by atoms with Crippen molar-refractivity contribution in [2.45, 2.75) is 19.3 Å². The first-order valence-electron chi connectivity index (χ1n) is 6.49. The lowest BCUT2D eigenvalue weighted by Crippen LogP contribution is -2.14. The lowest BCUT2D eigenvalue weighted by Gasteiger charge is -2.11. The van der Waals surface area contributed by atoms with E-state index >= 15 is 0 Å². The number of carbonyl (C=O) groups excluding carboxylic acids is 1. The van der Waals surface area contributed by atoms with Gasteiger partial charge in [0, 0.05) is 17.7 Å². The third-order valence-corrected chi connectivity index (χ3v) is 3.13. The third kappa shape index (κ3) is 2.71. The Labute approximate surface area is 116 Å². The predicted octanol–water partition coefficient (Wildman–Crippen LogP) is 3.57. The molecule has 1 amide bonds. The number of furan rings is 1. The molecule has 102 valence electrons. The molecule has 3 rings (SSSR count). The van der Waals surface area contributed by atoms with Crippen molar-refractivity contribution in [1.82, 2.24) is 0 Å². The van der Waals surface area contributed by atoms with Gasteiger partial charge in [0.25, 0.3) is 0 Å². The largest absolute Gasteiger partial charge is 0.469 e. The average molecular weight is 270 g/mol. The van der Waals surface area contributed by atoms with Crippen LogP contribution in [-0.4, -0.2) is 11.8 Å². The number of anilines is 1. The minimum Gasteiger partial charge on any atom is -0.469 e. The number of amides is 1. The second-order valence-electron chi connectivity index (χ2n) is 4.52. The number of aryl methyl sites for hydroxylation is 1. The Hall–Kier alpha value is -2.56. The fourth-order valence-corrected chi connectivity index (χ4v) is 2.20. The van der Waals surface area contributed by atoms with Gasteiger partial charge in [-0.15, -0.1) is 0 Å². The van der Waals surface area contributed by atoms with E-state index in [4.69, 9.17) is 9.25 Å². The van der Waals surface area contributed by atoms with Crippen LogP contribution in [0.3, 0.4) is 0 Å². The van der Waals surface area contributed by atoms with Crippen LogP contribution in [0, 0.1) is 0 Å². The van der Waals surface area contributed by atoms with E-state index < -0.39 is 6.09 Å². The summed E-state index contributed by atoms with van der Waals surface area (Å²) in [6.45, 7) is 0. The molecule has 0 unspecified atom stereocenters. The van der Waals surface area contributed by atoms with Crippen molar-refractivity contribution in [3.05, 3.63) is 54.0 Å². The first-order valence-corrected chi connectivity index (χ1v) is 6.49. The van der Waals surface area contributed by atoms with Crippen LogP contribution < -0.4 is 5.32 Å². The van der Waals surface area contributed by atoms with Gasteiger partial charge in [0.1, 0.15) is 5.76 Å². The molecule has 2 aromatic rings. The molecule has 5 heteroatoms. The molecule has 0 spiro atoms. The average Bonchev–Trinajstić information content (AvgIpc) is 2.95. The maximum absolute atomic E-state index is 11.6. The number of fused-ring (bicyclic) bond motifs is 1. The third-order valence-electron chi connectivity index (χ3n) is 3.13. The Morgan fingerprint density at radius 2 is 2.05 bits per heavy atom. The van der Waals surface area contributed by atoms with E-state index in [9.17, 15) is 4.79 Å². The van der Waals surface area contributed by atoms with Gasteiger partial charge in [0.2, 0.25) is 0 Å². The molecule has 0 saturated carbocycles. The summed E-state index contributed by atoms with van der Waals surface area (Å²) in [5, 5.41) is 6.55. The van der Waals surface area contributed by atoms with Crippen LogP contribution in [0.15, 0.2) is 52.2 Å². The molecule has 5 nitrogen and oxygen atoms in total. The number of para-hydroxylation sites is 1. The van der Waals surface area contributed by atoms with Crippen molar-refractivity contribution in [3.8, 4) is 0 Å². The van der Waals surface area contributed by atoms with Gasteiger partial charge in [-0.25, -0.2) is 4.79 Å². The number of hydrogen-bond acceptors (Lipinski definition) is 4. The summed E-state index contributed by atoms with van der Waals surface area (Å²) in [6, 6.07) is 11.0. The fourth-order valence-electron chi connectivity index (χ4n) is 2.20. The molecular weight excluding hydrogens is 256 g/mol. The second-order valence-corrected chi connectivity index (χ2v) is 4.52. The number of nitrogens with zero attached hydrogens (tertiary/aromatic N) is 1. The summed E-state index contributed by atoms with van der Waals surface area (Å²) in [5.41, 5.74) is 2.36. The summed E-state index contributed by atoms with van der Waals surface area (Å²) in [7, 11) is 0. The highest BCUT2D eigenvalue weighted by atomic mass is 16.7. The van der Waals surface area contributed by atoms with Gasteiger partial charge in [-0.1, -0.05) is 23.4 Å². The van der Waals surface area contributed by atoms with Crippen molar-refractivity contribution < 1.29 is 14.0 Å². The second kappa shape index (κ2) is 5.61. The molecule has 0 radical (unpaired) electrons. The Morgan fingerprint density at radius 3 is 2.90 bits per heavy atom. The number of benzene rings is 1. The molecule has 0 saturated heterocycles. The molecule has 20 heavy (non-hydrogen) atoms. The molecule has 1 heterocycles. The van der Waals surface area contributed by atoms with Crippen molar-refractivity contribution in [3.63, 3.8) is 0 Å². The van der Waals surface area contributed by atoms with E-state index in [-0.39, 0.29) is 0 Å². The van der Waals surface area contributed by atoms with Gasteiger partial charge >= 0.3 is 6.09 Å². The Bertz CT molecular complexity index is 632. The summed E-state index contributed by atoms with van der Waals surface area (Å²) in [4.78, 5) is 16.5. The maximum atomic E-state index is 11.6. The number of nitrogens with one attached hydrogen (secondary N) is 1. The number of hydrogen-bond donors (Lipinski definition) is 1. The fraction of sp³-hybridized carbons (Fsp3) is 0.200. The molecule has 0 fully saturated rings. The van der Waals surface area contributed by atoms with E-state index in [0.717, 1.165) is 36.3 Å². The molecule has 1 aliphatic rings. The molecule has 1 aliphatic carbocycles. The zero-order valence-electron chi connectivity index (χ0n) is 10.8. The van der Waals surface area contributed by atoms with Gasteiger partial charge < -0.3 is 4.42 Å². The van der Waals surface area contributed by atoms with Crippen LogP contribution in [0.25, 0.3) is 0 Å². The molecule has 1 aromatic heterocycles. The van der Waals surface area contributed by atoms with Crippen molar-refractivity contribution in [2.75, 3.05) is 5.32 Å². The van der Waals surface area contributed by atoms with Crippen LogP contribution in [-0.2, 0) is 11.3 Å². The maximum Gasteiger partial charge on any atom is 0.437 e. The molecule has 0 aliphatic heterocycles. The number of rotatable bonds is 2. The Kier molecular flexibility index (Phi) is 3.50. The quantitative estimate of drug-likeness (QED) is 0.670.